The summed E-state index contributed by atoms with van der Waals surface area (Å²) in [6.45, 7) is 4.38. The molecular formula is C19H22N6O2S2. The molecule has 0 saturated carbocycles. The minimum atomic E-state index is -0.0352. The highest BCUT2D eigenvalue weighted by molar-refractivity contribution is 7.97. The average molecular weight is 431 g/mol. The molecular weight excluding hydrogens is 408 g/mol. The van der Waals surface area contributed by atoms with Gasteiger partial charge in [0.2, 0.25) is 11.3 Å². The standard InChI is InChI=1S/C19H22N6O2S2/c1-13(26)23-7-9-24(10-8-23)16-5-4-14-17(27)15(29-22(2)3)12-25(18(14)21-16)19-20-6-11-28-19/h4-6,11-12H,7-10H2,1-3H3. The molecule has 0 unspecified atom stereocenters. The van der Waals surface area contributed by atoms with Crippen molar-refractivity contribution in [3.8, 4) is 5.13 Å². The zero-order chi connectivity index (χ0) is 20.5. The summed E-state index contributed by atoms with van der Waals surface area (Å²) in [6, 6.07) is 3.74. The van der Waals surface area contributed by atoms with Crippen LogP contribution in [0.15, 0.2) is 39.6 Å². The molecule has 1 aliphatic heterocycles. The fourth-order valence-electron chi connectivity index (χ4n) is 3.34. The Hall–Kier alpha value is -2.43. The molecule has 0 bridgehead atoms. The largest absolute Gasteiger partial charge is 0.353 e. The third-order valence-corrected chi connectivity index (χ3v) is 6.38. The summed E-state index contributed by atoms with van der Waals surface area (Å²) in [5.74, 6) is 0.901. The smallest absolute Gasteiger partial charge is 0.219 e. The first-order valence-electron chi connectivity index (χ1n) is 9.26. The van der Waals surface area contributed by atoms with E-state index in [1.54, 1.807) is 13.1 Å². The molecule has 10 heteroatoms. The molecule has 3 aromatic rings. The van der Waals surface area contributed by atoms with E-state index in [2.05, 4.69) is 9.88 Å². The van der Waals surface area contributed by atoms with Gasteiger partial charge in [-0.15, -0.1) is 11.3 Å². The first-order chi connectivity index (χ1) is 13.9. The Balaban J connectivity index is 1.78. The summed E-state index contributed by atoms with van der Waals surface area (Å²) in [4.78, 5) is 38.5. The SMILES string of the molecule is CC(=O)N1CCN(c2ccc3c(=O)c(SN(C)C)cn(-c4nccs4)c3n2)CC1. The third kappa shape index (κ3) is 4.00. The van der Waals surface area contributed by atoms with Crippen molar-refractivity contribution in [1.82, 2.24) is 23.7 Å². The number of carbonyl (C=O) groups is 1. The van der Waals surface area contributed by atoms with Crippen molar-refractivity contribution in [1.29, 1.82) is 0 Å². The molecule has 0 N–H and O–H groups in total. The van der Waals surface area contributed by atoms with Crippen molar-refractivity contribution in [2.24, 2.45) is 0 Å². The van der Waals surface area contributed by atoms with Gasteiger partial charge >= 0.3 is 0 Å². The number of piperazine rings is 1. The van der Waals surface area contributed by atoms with Gasteiger partial charge in [-0.1, -0.05) is 0 Å². The van der Waals surface area contributed by atoms with Crippen molar-refractivity contribution in [3.63, 3.8) is 0 Å². The van der Waals surface area contributed by atoms with Gasteiger partial charge < -0.3 is 9.80 Å². The lowest BCUT2D eigenvalue weighted by molar-refractivity contribution is -0.129. The van der Waals surface area contributed by atoms with E-state index >= 15 is 0 Å². The van der Waals surface area contributed by atoms with Gasteiger partial charge in [-0.2, -0.15) is 0 Å². The first-order valence-corrected chi connectivity index (χ1v) is 10.9. The van der Waals surface area contributed by atoms with Crippen LogP contribution in [0.1, 0.15) is 6.92 Å². The summed E-state index contributed by atoms with van der Waals surface area (Å²) < 4.78 is 3.79. The molecule has 3 aromatic heterocycles. The minimum absolute atomic E-state index is 0.0352. The van der Waals surface area contributed by atoms with E-state index in [4.69, 9.17) is 4.98 Å². The predicted molar refractivity (Wildman–Crippen MR) is 117 cm³/mol. The number of hydrogen-bond acceptors (Lipinski definition) is 8. The lowest BCUT2D eigenvalue weighted by atomic mass is 10.2. The molecule has 0 atom stereocenters. The van der Waals surface area contributed by atoms with Crippen LogP contribution in [0.3, 0.4) is 0 Å². The average Bonchev–Trinajstić information content (AvgIpc) is 3.24. The Bertz CT molecular complexity index is 1090. The molecule has 0 aliphatic carbocycles. The van der Waals surface area contributed by atoms with E-state index in [1.807, 2.05) is 51.6 Å². The fourth-order valence-corrected chi connectivity index (χ4v) is 4.69. The number of nitrogens with zero attached hydrogens (tertiary/aromatic N) is 6. The minimum Gasteiger partial charge on any atom is -0.353 e. The second-order valence-corrected chi connectivity index (χ2v) is 9.17. The Morgan fingerprint density at radius 1 is 1.21 bits per heavy atom. The van der Waals surface area contributed by atoms with E-state index in [9.17, 15) is 9.59 Å². The first kappa shape index (κ1) is 19.9. The second kappa shape index (κ2) is 8.13. The topological polar surface area (TPSA) is 74.6 Å². The summed E-state index contributed by atoms with van der Waals surface area (Å²) in [7, 11) is 3.81. The van der Waals surface area contributed by atoms with Gasteiger partial charge in [-0.25, -0.2) is 9.97 Å². The molecule has 4 rings (SSSR count). The van der Waals surface area contributed by atoms with Crippen LogP contribution in [0.25, 0.3) is 16.2 Å². The summed E-state index contributed by atoms with van der Waals surface area (Å²) in [5.41, 5.74) is 0.562. The molecule has 0 spiro atoms. The van der Waals surface area contributed by atoms with Gasteiger partial charge in [0.15, 0.2) is 10.8 Å². The van der Waals surface area contributed by atoms with Gasteiger partial charge in [0.05, 0.1) is 10.3 Å². The van der Waals surface area contributed by atoms with Crippen LogP contribution < -0.4 is 10.3 Å². The molecule has 1 amide bonds. The molecule has 4 heterocycles. The fraction of sp³-hybridized carbons (Fsp3) is 0.368. The molecule has 0 aromatic carbocycles. The van der Waals surface area contributed by atoms with Crippen LogP contribution in [0, 0.1) is 0 Å². The van der Waals surface area contributed by atoms with E-state index in [1.165, 1.54) is 23.3 Å². The second-order valence-electron chi connectivity index (χ2n) is 6.94. The third-order valence-electron chi connectivity index (χ3n) is 4.76. The van der Waals surface area contributed by atoms with E-state index in [0.717, 1.165) is 10.9 Å². The molecule has 1 saturated heterocycles. The normalized spacial score (nSPS) is 14.8. The number of thiazole rings is 1. The van der Waals surface area contributed by atoms with Crippen LogP contribution in [0.2, 0.25) is 0 Å². The maximum absolute atomic E-state index is 13.0. The van der Waals surface area contributed by atoms with E-state index < -0.39 is 0 Å². The number of aromatic nitrogens is 3. The number of pyridine rings is 2. The van der Waals surface area contributed by atoms with Crippen LogP contribution in [0.5, 0.6) is 0 Å². The zero-order valence-corrected chi connectivity index (χ0v) is 18.2. The van der Waals surface area contributed by atoms with Crippen molar-refractivity contribution in [3.05, 3.63) is 40.1 Å². The predicted octanol–water partition coefficient (Wildman–Crippen LogP) is 2.08. The zero-order valence-electron chi connectivity index (χ0n) is 16.5. The summed E-state index contributed by atoms with van der Waals surface area (Å²) >= 11 is 2.89. The Morgan fingerprint density at radius 3 is 2.59 bits per heavy atom. The number of carbonyl (C=O) groups excluding carboxylic acids is 1. The number of rotatable bonds is 4. The highest BCUT2D eigenvalue weighted by atomic mass is 32.2. The molecule has 0 radical (unpaired) electrons. The highest BCUT2D eigenvalue weighted by Gasteiger charge is 2.21. The number of amides is 1. The lowest BCUT2D eigenvalue weighted by Gasteiger charge is -2.35. The lowest BCUT2D eigenvalue weighted by Crippen LogP contribution is -2.48. The number of fused-ring (bicyclic) bond motifs is 1. The molecule has 8 nitrogen and oxygen atoms in total. The monoisotopic (exact) mass is 430 g/mol. The van der Waals surface area contributed by atoms with Crippen LogP contribution in [-0.4, -0.2) is 69.9 Å². The Kier molecular flexibility index (Phi) is 5.57. The van der Waals surface area contributed by atoms with E-state index in [-0.39, 0.29) is 11.3 Å². The van der Waals surface area contributed by atoms with Gasteiger partial charge in [0, 0.05) is 50.9 Å². The molecule has 1 aliphatic rings. The van der Waals surface area contributed by atoms with Crippen molar-refractivity contribution < 1.29 is 4.79 Å². The Labute approximate surface area is 176 Å². The van der Waals surface area contributed by atoms with Crippen molar-refractivity contribution in [2.45, 2.75) is 11.8 Å². The van der Waals surface area contributed by atoms with Gasteiger partial charge in [-0.05, 0) is 38.2 Å². The Morgan fingerprint density at radius 2 is 1.97 bits per heavy atom. The number of anilines is 1. The van der Waals surface area contributed by atoms with Crippen molar-refractivity contribution >= 4 is 46.0 Å². The van der Waals surface area contributed by atoms with Crippen LogP contribution in [-0.2, 0) is 4.79 Å². The summed E-state index contributed by atoms with van der Waals surface area (Å²) in [5, 5.41) is 3.24. The summed E-state index contributed by atoms with van der Waals surface area (Å²) in [6.07, 6.45) is 3.56. The van der Waals surface area contributed by atoms with Gasteiger partial charge in [0.25, 0.3) is 0 Å². The van der Waals surface area contributed by atoms with Crippen LogP contribution in [0.4, 0.5) is 5.82 Å². The van der Waals surface area contributed by atoms with E-state index in [0.29, 0.717) is 42.1 Å². The van der Waals surface area contributed by atoms with Gasteiger partial charge in [0.1, 0.15) is 5.82 Å². The van der Waals surface area contributed by atoms with Gasteiger partial charge in [-0.3, -0.25) is 18.5 Å². The maximum Gasteiger partial charge on any atom is 0.219 e. The van der Waals surface area contributed by atoms with Crippen molar-refractivity contribution in [2.75, 3.05) is 45.2 Å². The maximum atomic E-state index is 13.0. The number of hydrogen-bond donors (Lipinski definition) is 0. The highest BCUT2D eigenvalue weighted by Crippen LogP contribution is 2.25. The molecule has 152 valence electrons. The van der Waals surface area contributed by atoms with Crippen LogP contribution >= 0.6 is 23.3 Å². The molecule has 1 fully saturated rings. The quantitative estimate of drug-likeness (QED) is 0.587. The molecule has 29 heavy (non-hydrogen) atoms.